The lowest BCUT2D eigenvalue weighted by Gasteiger charge is -2.06. The summed E-state index contributed by atoms with van der Waals surface area (Å²) in [5.74, 6) is -0.749. The van der Waals surface area contributed by atoms with Crippen LogP contribution in [0.4, 0.5) is 4.39 Å². The van der Waals surface area contributed by atoms with Crippen molar-refractivity contribution in [1.82, 2.24) is 5.32 Å². The summed E-state index contributed by atoms with van der Waals surface area (Å²) in [6.45, 7) is 0.967. The predicted molar refractivity (Wildman–Crippen MR) is 89.0 cm³/mol. The molecule has 2 aromatic carbocycles. The van der Waals surface area contributed by atoms with Gasteiger partial charge in [-0.2, -0.15) is 0 Å². The molecule has 0 bridgehead atoms. The number of halogens is 1. The minimum absolute atomic E-state index is 0.101. The second kappa shape index (κ2) is 8.93. The summed E-state index contributed by atoms with van der Waals surface area (Å²) in [5.41, 5.74) is 2.46. The molecule has 0 fully saturated rings. The molecule has 1 N–H and O–H groups in total. The fourth-order valence-corrected chi connectivity index (χ4v) is 2.22. The Morgan fingerprint density at radius 3 is 2.21 bits per heavy atom. The van der Waals surface area contributed by atoms with Crippen molar-refractivity contribution in [3.63, 3.8) is 0 Å². The lowest BCUT2D eigenvalue weighted by Crippen LogP contribution is -2.23. The molecule has 24 heavy (non-hydrogen) atoms. The van der Waals surface area contributed by atoms with E-state index in [1.54, 1.807) is 7.11 Å². The fraction of sp³-hybridized carbons (Fsp3) is 0.263. The largest absolute Gasteiger partial charge is 0.380 e. The molecule has 0 saturated carbocycles. The molecular weight excluding hydrogens is 309 g/mol. The number of carbonyl (C=O) groups excluding carboxylic acids is 2. The lowest BCUT2D eigenvalue weighted by molar-refractivity contribution is -0.121. The van der Waals surface area contributed by atoms with Crippen LogP contribution >= 0.6 is 0 Å². The van der Waals surface area contributed by atoms with Crippen molar-refractivity contribution >= 4 is 11.7 Å². The van der Waals surface area contributed by atoms with Gasteiger partial charge in [0, 0.05) is 32.1 Å². The average molecular weight is 329 g/mol. The van der Waals surface area contributed by atoms with Crippen LogP contribution in [0.3, 0.4) is 0 Å². The Hall–Kier alpha value is -2.53. The third kappa shape index (κ3) is 5.59. The second-order valence-corrected chi connectivity index (χ2v) is 5.46. The Bertz CT molecular complexity index is 681. The van der Waals surface area contributed by atoms with Gasteiger partial charge in [0.2, 0.25) is 5.91 Å². The van der Waals surface area contributed by atoms with Gasteiger partial charge in [0.05, 0.1) is 6.61 Å². The van der Waals surface area contributed by atoms with E-state index in [1.807, 2.05) is 24.3 Å². The van der Waals surface area contributed by atoms with Gasteiger partial charge >= 0.3 is 0 Å². The minimum atomic E-state index is -0.388. The number of ether oxygens (including phenoxy) is 1. The highest BCUT2D eigenvalue weighted by Gasteiger charge is 2.09. The molecule has 126 valence electrons. The number of rotatable bonds is 8. The summed E-state index contributed by atoms with van der Waals surface area (Å²) in [7, 11) is 1.64. The standard InChI is InChI=1S/C19H20FNO3/c1-24-13-15-4-2-14(3-5-15)12-21-19(23)11-10-18(22)16-6-8-17(20)9-7-16/h2-9H,10-13H2,1H3,(H,21,23). The Morgan fingerprint density at radius 1 is 0.958 bits per heavy atom. The number of methoxy groups -OCH3 is 1. The van der Waals surface area contributed by atoms with Crippen molar-refractivity contribution < 1.29 is 18.7 Å². The van der Waals surface area contributed by atoms with Crippen molar-refractivity contribution in [2.24, 2.45) is 0 Å². The molecule has 0 radical (unpaired) electrons. The molecule has 0 spiro atoms. The molecule has 0 heterocycles. The van der Waals surface area contributed by atoms with Crippen molar-refractivity contribution in [3.05, 3.63) is 71.0 Å². The Balaban J connectivity index is 1.74. The van der Waals surface area contributed by atoms with Gasteiger partial charge in [0.25, 0.3) is 0 Å². The SMILES string of the molecule is COCc1ccc(CNC(=O)CCC(=O)c2ccc(F)cc2)cc1. The maximum absolute atomic E-state index is 12.8. The third-order valence-electron chi connectivity index (χ3n) is 3.57. The van der Waals surface area contributed by atoms with E-state index in [0.29, 0.717) is 18.7 Å². The van der Waals surface area contributed by atoms with Crippen LogP contribution in [0.1, 0.15) is 34.3 Å². The number of ketones is 1. The lowest BCUT2D eigenvalue weighted by atomic mass is 10.1. The average Bonchev–Trinajstić information content (AvgIpc) is 2.60. The van der Waals surface area contributed by atoms with Gasteiger partial charge in [-0.05, 0) is 35.4 Å². The summed E-state index contributed by atoms with van der Waals surface area (Å²) in [5, 5.41) is 2.78. The molecule has 0 atom stereocenters. The first-order chi connectivity index (χ1) is 11.6. The summed E-state index contributed by atoms with van der Waals surface area (Å²) in [6, 6.07) is 13.1. The maximum atomic E-state index is 12.8. The van der Waals surface area contributed by atoms with Gasteiger partial charge in [-0.3, -0.25) is 9.59 Å². The van der Waals surface area contributed by atoms with Gasteiger partial charge < -0.3 is 10.1 Å². The number of Topliss-reactive ketones (excluding diaryl/α,β-unsaturated/α-hetero) is 1. The van der Waals surface area contributed by atoms with E-state index < -0.39 is 0 Å². The van der Waals surface area contributed by atoms with Crippen molar-refractivity contribution in [3.8, 4) is 0 Å². The Labute approximate surface area is 140 Å². The zero-order chi connectivity index (χ0) is 17.4. The van der Waals surface area contributed by atoms with Gasteiger partial charge in [0.15, 0.2) is 5.78 Å². The van der Waals surface area contributed by atoms with Gasteiger partial charge in [-0.25, -0.2) is 4.39 Å². The van der Waals surface area contributed by atoms with Crippen LogP contribution in [0.25, 0.3) is 0 Å². The Kier molecular flexibility index (Phi) is 6.63. The number of benzene rings is 2. The summed E-state index contributed by atoms with van der Waals surface area (Å²) in [4.78, 5) is 23.8. The number of nitrogens with one attached hydrogen (secondary N) is 1. The monoisotopic (exact) mass is 329 g/mol. The molecule has 4 nitrogen and oxygen atoms in total. The van der Waals surface area contributed by atoms with Gasteiger partial charge in [-0.15, -0.1) is 0 Å². The number of amides is 1. The maximum Gasteiger partial charge on any atom is 0.220 e. The van der Waals surface area contributed by atoms with Crippen LogP contribution in [-0.4, -0.2) is 18.8 Å². The molecule has 2 aromatic rings. The molecule has 0 saturated heterocycles. The van der Waals surface area contributed by atoms with Crippen LogP contribution in [-0.2, 0) is 22.7 Å². The van der Waals surface area contributed by atoms with Crippen LogP contribution in [0.5, 0.6) is 0 Å². The molecule has 5 heteroatoms. The van der Waals surface area contributed by atoms with E-state index in [1.165, 1.54) is 24.3 Å². The van der Waals surface area contributed by atoms with Crippen LogP contribution < -0.4 is 5.32 Å². The first kappa shape index (κ1) is 17.8. The second-order valence-electron chi connectivity index (χ2n) is 5.46. The van der Waals surface area contributed by atoms with Crippen LogP contribution in [0.15, 0.2) is 48.5 Å². The zero-order valence-electron chi connectivity index (χ0n) is 13.5. The number of carbonyl (C=O) groups is 2. The first-order valence-corrected chi connectivity index (χ1v) is 7.70. The van der Waals surface area contributed by atoms with E-state index >= 15 is 0 Å². The van der Waals surface area contributed by atoms with Crippen LogP contribution in [0.2, 0.25) is 0 Å². The topological polar surface area (TPSA) is 55.4 Å². The van der Waals surface area contributed by atoms with Crippen molar-refractivity contribution in [2.45, 2.75) is 26.0 Å². The third-order valence-corrected chi connectivity index (χ3v) is 3.57. The highest BCUT2D eigenvalue weighted by atomic mass is 19.1. The first-order valence-electron chi connectivity index (χ1n) is 7.70. The van der Waals surface area contributed by atoms with Crippen molar-refractivity contribution in [1.29, 1.82) is 0 Å². The van der Waals surface area contributed by atoms with E-state index in [0.717, 1.165) is 11.1 Å². The molecule has 0 aliphatic heterocycles. The summed E-state index contributed by atoms with van der Waals surface area (Å²) >= 11 is 0. The Morgan fingerprint density at radius 2 is 1.58 bits per heavy atom. The minimum Gasteiger partial charge on any atom is -0.380 e. The molecule has 0 unspecified atom stereocenters. The summed E-state index contributed by atoms with van der Waals surface area (Å²) in [6.07, 6.45) is 0.211. The molecule has 0 aliphatic rings. The predicted octanol–water partition coefficient (Wildman–Crippen LogP) is 3.25. The fourth-order valence-electron chi connectivity index (χ4n) is 2.22. The quantitative estimate of drug-likeness (QED) is 0.756. The smallest absolute Gasteiger partial charge is 0.220 e. The van der Waals surface area contributed by atoms with E-state index in [9.17, 15) is 14.0 Å². The van der Waals surface area contributed by atoms with Gasteiger partial charge in [-0.1, -0.05) is 24.3 Å². The highest BCUT2D eigenvalue weighted by molar-refractivity contribution is 5.97. The highest BCUT2D eigenvalue weighted by Crippen LogP contribution is 2.08. The molecule has 0 aliphatic carbocycles. The normalized spacial score (nSPS) is 10.4. The number of hydrogen-bond donors (Lipinski definition) is 1. The van der Waals surface area contributed by atoms with E-state index in [-0.39, 0.29) is 30.3 Å². The molecular formula is C19H20FNO3. The number of hydrogen-bond acceptors (Lipinski definition) is 3. The zero-order valence-corrected chi connectivity index (χ0v) is 13.5. The molecule has 0 aromatic heterocycles. The van der Waals surface area contributed by atoms with E-state index in [2.05, 4.69) is 5.32 Å². The molecule has 2 rings (SSSR count). The molecule has 1 amide bonds. The van der Waals surface area contributed by atoms with Crippen LogP contribution in [0, 0.1) is 5.82 Å². The van der Waals surface area contributed by atoms with Gasteiger partial charge in [0.1, 0.15) is 5.82 Å². The van der Waals surface area contributed by atoms with E-state index in [4.69, 9.17) is 4.74 Å². The summed E-state index contributed by atoms with van der Waals surface area (Å²) < 4.78 is 17.9. The van der Waals surface area contributed by atoms with Crippen molar-refractivity contribution in [2.75, 3.05) is 7.11 Å².